The number of aromatic amines is 1. The lowest BCUT2D eigenvalue weighted by Crippen LogP contribution is -2.18. The molecule has 3 N–H and O–H groups in total. The summed E-state index contributed by atoms with van der Waals surface area (Å²) in [7, 11) is 2.87. The Balaban J connectivity index is 1.52. The van der Waals surface area contributed by atoms with Crippen LogP contribution in [-0.2, 0) is 33.7 Å². The normalized spacial score (nSPS) is 12.0. The highest BCUT2D eigenvalue weighted by molar-refractivity contribution is 6.11. The molecule has 212 valence electrons. The second kappa shape index (κ2) is 12.6. The van der Waals surface area contributed by atoms with Gasteiger partial charge in [-0.05, 0) is 49.1 Å². The molecule has 4 heterocycles. The van der Waals surface area contributed by atoms with E-state index in [9.17, 15) is 9.59 Å². The van der Waals surface area contributed by atoms with Crippen LogP contribution in [-0.4, -0.2) is 58.3 Å². The molecule has 4 aromatic heterocycles. The number of aromatic nitrogens is 4. The van der Waals surface area contributed by atoms with E-state index in [1.807, 2.05) is 53.4 Å². The molecule has 5 aromatic rings. The average molecular weight is 555 g/mol. The fraction of sp³-hybridized carbons (Fsp3) is 0.290. The summed E-state index contributed by atoms with van der Waals surface area (Å²) >= 11 is 0. The third kappa shape index (κ3) is 6.22. The van der Waals surface area contributed by atoms with E-state index < -0.39 is 5.97 Å². The minimum absolute atomic E-state index is 0.0854. The Morgan fingerprint density at radius 1 is 1.10 bits per heavy atom. The van der Waals surface area contributed by atoms with E-state index in [2.05, 4.69) is 33.6 Å². The summed E-state index contributed by atoms with van der Waals surface area (Å²) in [6, 6.07) is 14.1. The van der Waals surface area contributed by atoms with Crippen molar-refractivity contribution >= 4 is 45.2 Å². The first-order valence-corrected chi connectivity index (χ1v) is 13.6. The van der Waals surface area contributed by atoms with Crippen LogP contribution in [0.3, 0.4) is 0 Å². The molecular weight excluding hydrogens is 520 g/mol. The van der Waals surface area contributed by atoms with Crippen molar-refractivity contribution in [3.8, 4) is 0 Å². The molecule has 5 rings (SSSR count). The highest BCUT2D eigenvalue weighted by Gasteiger charge is 2.26. The summed E-state index contributed by atoms with van der Waals surface area (Å²) in [6.07, 6.45) is 8.90. The Bertz CT molecular complexity index is 1660. The SMILES string of the molecule is COCCC(=O)Nc1c(C(=O)OC)n(CCc2c[nH]c3ccccc23)c2ncc(N[C@H](C)Cc3cccnc3)cc12. The number of fused-ring (bicyclic) bond motifs is 2. The maximum Gasteiger partial charge on any atom is 0.356 e. The smallest absolute Gasteiger partial charge is 0.356 e. The second-order valence-corrected chi connectivity index (χ2v) is 9.97. The number of pyridine rings is 2. The lowest BCUT2D eigenvalue weighted by molar-refractivity contribution is -0.117. The van der Waals surface area contributed by atoms with Crippen LogP contribution in [0.2, 0.25) is 0 Å². The van der Waals surface area contributed by atoms with Gasteiger partial charge < -0.3 is 29.7 Å². The van der Waals surface area contributed by atoms with Gasteiger partial charge in [-0.15, -0.1) is 0 Å². The lowest BCUT2D eigenvalue weighted by atomic mass is 10.1. The number of carbonyl (C=O) groups excluding carboxylic acids is 2. The Morgan fingerprint density at radius 3 is 2.73 bits per heavy atom. The van der Waals surface area contributed by atoms with Crippen molar-refractivity contribution in [2.45, 2.75) is 38.8 Å². The average Bonchev–Trinajstić information content (AvgIpc) is 3.53. The van der Waals surface area contributed by atoms with E-state index in [4.69, 9.17) is 14.5 Å². The summed E-state index contributed by atoms with van der Waals surface area (Å²) in [6.45, 7) is 2.79. The summed E-state index contributed by atoms with van der Waals surface area (Å²) in [5.41, 5.74) is 5.26. The number of aryl methyl sites for hydroxylation is 2. The molecule has 41 heavy (non-hydrogen) atoms. The molecule has 0 aliphatic carbocycles. The van der Waals surface area contributed by atoms with Crippen molar-refractivity contribution in [3.63, 3.8) is 0 Å². The number of methoxy groups -OCH3 is 2. The van der Waals surface area contributed by atoms with Crippen molar-refractivity contribution in [1.29, 1.82) is 0 Å². The Morgan fingerprint density at radius 2 is 1.95 bits per heavy atom. The number of hydrogen-bond acceptors (Lipinski definition) is 7. The van der Waals surface area contributed by atoms with Crippen molar-refractivity contribution in [2.24, 2.45) is 0 Å². The number of amides is 1. The molecule has 0 saturated carbocycles. The summed E-state index contributed by atoms with van der Waals surface area (Å²) < 4.78 is 12.1. The monoisotopic (exact) mass is 554 g/mol. The molecule has 10 heteroatoms. The van der Waals surface area contributed by atoms with Gasteiger partial charge in [0.1, 0.15) is 5.65 Å². The van der Waals surface area contributed by atoms with Crippen molar-refractivity contribution < 1.29 is 19.1 Å². The third-order valence-corrected chi connectivity index (χ3v) is 7.03. The van der Waals surface area contributed by atoms with Crippen molar-refractivity contribution in [3.05, 3.63) is 84.1 Å². The van der Waals surface area contributed by atoms with Gasteiger partial charge in [0, 0.05) is 54.6 Å². The molecule has 0 unspecified atom stereocenters. The van der Waals surface area contributed by atoms with Crippen LogP contribution in [0.5, 0.6) is 0 Å². The Hall–Kier alpha value is -4.70. The van der Waals surface area contributed by atoms with Crippen LogP contribution in [0.1, 0.15) is 35.0 Å². The van der Waals surface area contributed by atoms with Crippen LogP contribution < -0.4 is 10.6 Å². The molecule has 0 aliphatic heterocycles. The first kappa shape index (κ1) is 27.9. The molecule has 1 aromatic carbocycles. The Labute approximate surface area is 238 Å². The van der Waals surface area contributed by atoms with Gasteiger partial charge in [0.15, 0.2) is 5.69 Å². The highest BCUT2D eigenvalue weighted by Crippen LogP contribution is 2.33. The predicted octanol–water partition coefficient (Wildman–Crippen LogP) is 4.96. The molecule has 1 atom stereocenters. The second-order valence-electron chi connectivity index (χ2n) is 9.97. The maximum atomic E-state index is 13.2. The number of para-hydroxylation sites is 1. The number of benzene rings is 1. The number of nitrogens with one attached hydrogen (secondary N) is 3. The third-order valence-electron chi connectivity index (χ3n) is 7.03. The molecule has 0 spiro atoms. The van der Waals surface area contributed by atoms with E-state index in [0.717, 1.165) is 34.1 Å². The van der Waals surface area contributed by atoms with Crippen LogP contribution in [0.15, 0.2) is 67.3 Å². The van der Waals surface area contributed by atoms with Crippen molar-refractivity contribution in [1.82, 2.24) is 19.5 Å². The number of ether oxygens (including phenoxy) is 2. The number of anilines is 2. The maximum absolute atomic E-state index is 13.2. The highest BCUT2D eigenvalue weighted by atomic mass is 16.5. The number of esters is 1. The Kier molecular flexibility index (Phi) is 8.59. The molecule has 0 bridgehead atoms. The zero-order valence-corrected chi connectivity index (χ0v) is 23.4. The summed E-state index contributed by atoms with van der Waals surface area (Å²) in [5, 5.41) is 8.21. The van der Waals surface area contributed by atoms with Gasteiger partial charge in [0.25, 0.3) is 0 Å². The van der Waals surface area contributed by atoms with E-state index >= 15 is 0 Å². The van der Waals surface area contributed by atoms with Gasteiger partial charge in [-0.2, -0.15) is 0 Å². The number of nitrogens with zero attached hydrogens (tertiary/aromatic N) is 3. The number of carbonyl (C=O) groups is 2. The minimum atomic E-state index is -0.552. The molecule has 0 aliphatic rings. The van der Waals surface area contributed by atoms with Gasteiger partial charge in [-0.25, -0.2) is 9.78 Å². The predicted molar refractivity (Wildman–Crippen MR) is 159 cm³/mol. The van der Waals surface area contributed by atoms with Crippen LogP contribution in [0.4, 0.5) is 11.4 Å². The minimum Gasteiger partial charge on any atom is -0.464 e. The van der Waals surface area contributed by atoms with Crippen LogP contribution in [0.25, 0.3) is 21.9 Å². The van der Waals surface area contributed by atoms with E-state index in [1.165, 1.54) is 14.2 Å². The molecule has 0 fully saturated rings. The summed E-state index contributed by atoms with van der Waals surface area (Å²) in [5.74, 6) is -0.820. The lowest BCUT2D eigenvalue weighted by Gasteiger charge is -2.15. The molecule has 0 radical (unpaired) electrons. The first-order valence-electron chi connectivity index (χ1n) is 13.6. The van der Waals surface area contributed by atoms with Gasteiger partial charge in [-0.1, -0.05) is 24.3 Å². The van der Waals surface area contributed by atoms with E-state index in [1.54, 1.807) is 12.4 Å². The van der Waals surface area contributed by atoms with E-state index in [0.29, 0.717) is 29.7 Å². The van der Waals surface area contributed by atoms with Gasteiger partial charge >= 0.3 is 5.97 Å². The molecule has 1 amide bonds. The zero-order chi connectivity index (χ0) is 28.8. The van der Waals surface area contributed by atoms with Gasteiger partial charge in [0.05, 0.1) is 37.7 Å². The number of hydrogen-bond donors (Lipinski definition) is 3. The quantitative estimate of drug-likeness (QED) is 0.186. The molecule has 0 saturated heterocycles. The number of rotatable bonds is 12. The first-order chi connectivity index (χ1) is 20.0. The van der Waals surface area contributed by atoms with Crippen LogP contribution in [0, 0.1) is 0 Å². The summed E-state index contributed by atoms with van der Waals surface area (Å²) in [4.78, 5) is 38.3. The largest absolute Gasteiger partial charge is 0.464 e. The standard InChI is InChI=1S/C31H34N6O4/c1-20(15-21-7-6-12-32-17-21)35-23-16-25-28(36-27(38)11-14-40-2)29(31(39)41-3)37(30(25)34-19-23)13-10-22-18-33-26-9-5-4-8-24(22)26/h4-9,12,16-20,33,35H,10-11,13-15H2,1-3H3,(H,36,38)/t20-/m1/s1. The van der Waals surface area contributed by atoms with Gasteiger partial charge in [0.2, 0.25) is 5.91 Å². The fourth-order valence-corrected chi connectivity index (χ4v) is 5.13. The van der Waals surface area contributed by atoms with E-state index in [-0.39, 0.29) is 30.7 Å². The zero-order valence-electron chi connectivity index (χ0n) is 23.4. The molecule has 10 nitrogen and oxygen atoms in total. The fourth-order valence-electron chi connectivity index (χ4n) is 5.13. The number of H-pyrrole nitrogens is 1. The van der Waals surface area contributed by atoms with Gasteiger partial charge in [-0.3, -0.25) is 9.78 Å². The topological polar surface area (TPSA) is 123 Å². The van der Waals surface area contributed by atoms with Crippen molar-refractivity contribution in [2.75, 3.05) is 31.5 Å². The van der Waals surface area contributed by atoms with Crippen LogP contribution >= 0.6 is 0 Å². The molecular formula is C31H34N6O4.